The summed E-state index contributed by atoms with van der Waals surface area (Å²) >= 11 is 0. The van der Waals surface area contributed by atoms with Crippen molar-refractivity contribution in [2.75, 3.05) is 0 Å². The number of hydrogen-bond acceptors (Lipinski definition) is 1. The van der Waals surface area contributed by atoms with Gasteiger partial charge >= 0.3 is 0 Å². The highest BCUT2D eigenvalue weighted by Crippen LogP contribution is 2.48. The topological polar surface area (TPSA) is 22.2 Å². The van der Waals surface area contributed by atoms with Crippen LogP contribution in [0, 0.1) is 5.89 Å². The second kappa shape index (κ2) is 10.1. The SMILES string of the molecule is [2H]C(C)(C)C([2H])([2H])Cc1cccc2c1nc1n(-c3ccc4c(c3)-c3ccccc3-c3ccccc3-c3ccccc3-4)c3ccccc3n21. The molecule has 0 atom stereocenters. The van der Waals surface area contributed by atoms with Crippen LogP contribution in [-0.4, -0.2) is 14.0 Å². The predicted molar refractivity (Wildman–Crippen MR) is 188 cm³/mol. The van der Waals surface area contributed by atoms with Crippen LogP contribution in [0.25, 0.3) is 78.0 Å². The molecule has 3 heteroatoms. The lowest BCUT2D eigenvalue weighted by Gasteiger charge is -2.23. The minimum absolute atomic E-state index is 0.107. The third-order valence-electron chi connectivity index (χ3n) is 9.15. The maximum absolute atomic E-state index is 8.71. The van der Waals surface area contributed by atoms with E-state index in [2.05, 4.69) is 124 Å². The van der Waals surface area contributed by atoms with Crippen LogP contribution in [0.3, 0.4) is 0 Å². The van der Waals surface area contributed by atoms with Crippen LogP contribution in [0.5, 0.6) is 0 Å². The number of benzene rings is 6. The highest BCUT2D eigenvalue weighted by Gasteiger charge is 2.24. The van der Waals surface area contributed by atoms with Gasteiger partial charge in [-0.05, 0) is 99.1 Å². The van der Waals surface area contributed by atoms with Crippen molar-refractivity contribution in [3.63, 3.8) is 0 Å². The maximum Gasteiger partial charge on any atom is 0.220 e. The molecule has 8 aromatic rings. The van der Waals surface area contributed by atoms with Gasteiger partial charge < -0.3 is 0 Å². The van der Waals surface area contributed by atoms with E-state index in [1.54, 1.807) is 13.8 Å². The van der Waals surface area contributed by atoms with Crippen LogP contribution in [0.15, 0.2) is 133 Å². The summed E-state index contributed by atoms with van der Waals surface area (Å²) in [4.78, 5) is 5.25. The molecule has 0 saturated carbocycles. The number of para-hydroxylation sites is 3. The van der Waals surface area contributed by atoms with Gasteiger partial charge in [-0.15, -0.1) is 0 Å². The number of nitrogens with zero attached hydrogens (tertiary/aromatic N) is 3. The van der Waals surface area contributed by atoms with Crippen molar-refractivity contribution in [3.8, 4) is 50.2 Å². The summed E-state index contributed by atoms with van der Waals surface area (Å²) in [6.07, 6.45) is -1.62. The van der Waals surface area contributed by atoms with Gasteiger partial charge in [-0.25, -0.2) is 4.98 Å². The molecule has 0 N–H and O–H groups in total. The van der Waals surface area contributed by atoms with E-state index in [0.717, 1.165) is 44.7 Å². The summed E-state index contributed by atoms with van der Waals surface area (Å²) in [6, 6.07) is 47.1. The van der Waals surface area contributed by atoms with Crippen LogP contribution in [0.1, 0.15) is 29.9 Å². The van der Waals surface area contributed by atoms with Crippen LogP contribution in [-0.2, 0) is 6.42 Å². The molecule has 0 saturated heterocycles. The fourth-order valence-corrected chi connectivity index (χ4v) is 7.14. The molecule has 0 bridgehead atoms. The third-order valence-corrected chi connectivity index (χ3v) is 9.15. The molecule has 0 aliphatic heterocycles. The Kier molecular flexibility index (Phi) is 5.15. The van der Waals surface area contributed by atoms with Gasteiger partial charge in [0.1, 0.15) is 0 Å². The van der Waals surface area contributed by atoms with E-state index in [1.807, 2.05) is 18.2 Å². The first kappa shape index (κ1) is 23.0. The summed E-state index contributed by atoms with van der Waals surface area (Å²) < 4.78 is 30.3. The molecule has 1 aliphatic carbocycles. The Morgan fingerprint density at radius 2 is 1.09 bits per heavy atom. The van der Waals surface area contributed by atoms with Crippen molar-refractivity contribution >= 4 is 27.8 Å². The zero-order chi connectivity index (χ0) is 32.8. The number of hydrogen-bond donors (Lipinski definition) is 0. The summed E-state index contributed by atoms with van der Waals surface area (Å²) in [5.74, 6) is -0.485. The molecule has 2 aromatic heterocycles. The predicted octanol–water partition coefficient (Wildman–Crippen LogP) is 11.0. The average molecular weight is 583 g/mol. The Bertz CT molecular complexity index is 2560. The number of aromatic nitrogens is 3. The highest BCUT2D eigenvalue weighted by molar-refractivity contribution is 6.03. The van der Waals surface area contributed by atoms with Crippen molar-refractivity contribution < 1.29 is 4.11 Å². The van der Waals surface area contributed by atoms with Gasteiger partial charge in [-0.3, -0.25) is 8.97 Å². The molecule has 0 spiro atoms. The van der Waals surface area contributed by atoms with Crippen LogP contribution in [0.4, 0.5) is 0 Å². The second-order valence-electron chi connectivity index (χ2n) is 12.1. The molecule has 9 rings (SSSR count). The Labute approximate surface area is 267 Å². The lowest BCUT2D eigenvalue weighted by molar-refractivity contribution is 0.588. The highest BCUT2D eigenvalue weighted by atomic mass is 15.2. The van der Waals surface area contributed by atoms with E-state index < -0.39 is 12.3 Å². The molecule has 0 amide bonds. The summed E-state index contributed by atoms with van der Waals surface area (Å²) in [5, 5.41) is 0. The van der Waals surface area contributed by atoms with Gasteiger partial charge in [-0.2, -0.15) is 0 Å². The van der Waals surface area contributed by atoms with E-state index in [4.69, 9.17) is 9.10 Å². The summed E-state index contributed by atoms with van der Waals surface area (Å²) in [7, 11) is 0. The van der Waals surface area contributed by atoms with Gasteiger partial charge in [0, 0.05) is 9.80 Å². The van der Waals surface area contributed by atoms with E-state index in [0.29, 0.717) is 0 Å². The molecule has 45 heavy (non-hydrogen) atoms. The largest absolute Gasteiger partial charge is 0.278 e. The first-order valence-electron chi connectivity index (χ1n) is 17.0. The molecule has 1 aliphatic rings. The van der Waals surface area contributed by atoms with E-state index in [1.165, 1.54) is 38.9 Å². The van der Waals surface area contributed by atoms with Crippen LogP contribution >= 0.6 is 0 Å². The zero-order valence-corrected chi connectivity index (χ0v) is 25.3. The molecule has 2 heterocycles. The Morgan fingerprint density at radius 3 is 1.69 bits per heavy atom. The Balaban J connectivity index is 1.33. The molecule has 0 radical (unpaired) electrons. The van der Waals surface area contributed by atoms with Crippen molar-refractivity contribution in [2.45, 2.75) is 26.6 Å². The number of rotatable bonds is 4. The molecular weight excluding hydrogens is 546 g/mol. The number of imidazole rings is 2. The molecule has 0 unspecified atom stereocenters. The minimum Gasteiger partial charge on any atom is -0.278 e. The summed E-state index contributed by atoms with van der Waals surface area (Å²) in [6.45, 7) is 3.27. The van der Waals surface area contributed by atoms with Gasteiger partial charge in [0.15, 0.2) is 0 Å². The fourth-order valence-electron chi connectivity index (χ4n) is 7.14. The van der Waals surface area contributed by atoms with Gasteiger partial charge in [0.2, 0.25) is 5.78 Å². The standard InChI is InChI=1S/C42H33N3/c1-27(2)22-23-28-12-11-21-40-41(28)43-42-44(38-19-9-10-20-39(38)45(40)42)29-24-25-36-34-17-6-5-15-32(34)30-13-3-4-14-31(30)33-16-7-8-18-35(33)37(36)26-29/h3-21,24-27H,22-23H2,1-2H3/i22D2,27D. The van der Waals surface area contributed by atoms with Crippen molar-refractivity contribution in [3.05, 3.63) is 139 Å². The van der Waals surface area contributed by atoms with E-state index in [9.17, 15) is 0 Å². The monoisotopic (exact) mass is 582 g/mol. The minimum atomic E-state index is -1.73. The zero-order valence-electron chi connectivity index (χ0n) is 28.3. The summed E-state index contributed by atoms with van der Waals surface area (Å²) in [5.41, 5.74) is 15.1. The fraction of sp³-hybridized carbons (Fsp3) is 0.119. The van der Waals surface area contributed by atoms with Crippen LogP contribution < -0.4 is 0 Å². The first-order valence-corrected chi connectivity index (χ1v) is 15.5. The smallest absolute Gasteiger partial charge is 0.220 e. The van der Waals surface area contributed by atoms with Crippen molar-refractivity contribution in [2.24, 2.45) is 5.89 Å². The molecule has 0 fully saturated rings. The molecule has 3 nitrogen and oxygen atoms in total. The van der Waals surface area contributed by atoms with Gasteiger partial charge in [0.25, 0.3) is 0 Å². The lowest BCUT2D eigenvalue weighted by atomic mass is 9.81. The maximum atomic E-state index is 8.71. The number of aryl methyl sites for hydroxylation is 1. The average Bonchev–Trinajstić information content (AvgIpc) is 3.62. The molecule has 6 aromatic carbocycles. The second-order valence-corrected chi connectivity index (χ2v) is 12.1. The normalized spacial score (nSPS) is 13.7. The molecule has 216 valence electrons. The lowest BCUT2D eigenvalue weighted by Crippen LogP contribution is -2.00. The Morgan fingerprint density at radius 1 is 0.578 bits per heavy atom. The van der Waals surface area contributed by atoms with E-state index >= 15 is 0 Å². The van der Waals surface area contributed by atoms with Crippen molar-refractivity contribution in [1.82, 2.24) is 14.0 Å². The number of fused-ring (bicyclic) bond motifs is 13. The van der Waals surface area contributed by atoms with Crippen LogP contribution in [0.2, 0.25) is 0 Å². The van der Waals surface area contributed by atoms with E-state index in [-0.39, 0.29) is 6.42 Å². The first-order chi connectivity index (χ1) is 23.2. The quantitative estimate of drug-likeness (QED) is 0.202. The third kappa shape index (κ3) is 3.93. The van der Waals surface area contributed by atoms with Gasteiger partial charge in [0.05, 0.1) is 22.1 Å². The van der Waals surface area contributed by atoms with Gasteiger partial charge in [-0.1, -0.05) is 117 Å². The van der Waals surface area contributed by atoms with Crippen molar-refractivity contribution in [1.29, 1.82) is 0 Å². The molecular formula is C42H33N3. The Hall–Kier alpha value is -5.41.